The zero-order valence-electron chi connectivity index (χ0n) is 23.8. The Morgan fingerprint density at radius 3 is 1.89 bits per heavy atom. The second-order valence-corrected chi connectivity index (χ2v) is 10.3. The van der Waals surface area contributed by atoms with Crippen LogP contribution in [0, 0.1) is 0 Å². The zero-order chi connectivity index (χ0) is 29.7. The first-order valence-electron chi connectivity index (χ1n) is 14.4. The number of nitrogens with zero attached hydrogens (tertiary/aromatic N) is 4. The summed E-state index contributed by atoms with van der Waals surface area (Å²) in [6.45, 7) is 0.488. The molecule has 0 fully saturated rings. The van der Waals surface area contributed by atoms with E-state index in [-0.39, 0.29) is 5.91 Å². The van der Waals surface area contributed by atoms with E-state index >= 15 is 0 Å². The quantitative estimate of drug-likeness (QED) is 0.174. The fourth-order valence-corrected chi connectivity index (χ4v) is 5.13. The van der Waals surface area contributed by atoms with Crippen LogP contribution in [0.25, 0.3) is 23.0 Å². The number of para-hydroxylation sites is 2. The Bertz CT molecular complexity index is 1950. The summed E-state index contributed by atoms with van der Waals surface area (Å²) >= 11 is 0. The summed E-state index contributed by atoms with van der Waals surface area (Å²) in [7, 11) is 0. The van der Waals surface area contributed by atoms with E-state index in [2.05, 4.69) is 0 Å². The van der Waals surface area contributed by atoms with E-state index in [1.54, 1.807) is 0 Å². The monoisotopic (exact) mass is 572 g/mol. The van der Waals surface area contributed by atoms with Crippen molar-refractivity contribution in [3.05, 3.63) is 174 Å². The number of benzene rings is 5. The van der Waals surface area contributed by atoms with Gasteiger partial charge in [0.05, 0.1) is 22.6 Å². The average molecular weight is 573 g/mol. The third-order valence-electron chi connectivity index (χ3n) is 7.37. The average Bonchev–Trinajstić information content (AvgIpc) is 3.67. The van der Waals surface area contributed by atoms with Gasteiger partial charge in [0, 0.05) is 22.9 Å². The molecular weight excluding hydrogens is 544 g/mol. The van der Waals surface area contributed by atoms with Crippen molar-refractivity contribution in [1.82, 2.24) is 9.78 Å². The minimum Gasteiger partial charge on any atom is -0.489 e. The summed E-state index contributed by atoms with van der Waals surface area (Å²) in [6, 6.07) is 47.2. The lowest BCUT2D eigenvalue weighted by Crippen LogP contribution is -2.21. The van der Waals surface area contributed by atoms with Crippen molar-refractivity contribution in [2.24, 2.45) is 5.10 Å². The molecule has 7 rings (SSSR count). The standard InChI is InChI=1S/C38H28N4O2/c43-38-35(37(29-15-7-2-8-16-29)40-42(38)33-19-11-4-12-20-33)25-31-26-41(32-17-9-3-10-18-32)39-36(31)30-21-23-34(24-22-30)44-27-28-13-5-1-6-14-28/h1-26H,27H2. The molecule has 2 heterocycles. The first kappa shape index (κ1) is 26.9. The third-order valence-corrected chi connectivity index (χ3v) is 7.37. The predicted octanol–water partition coefficient (Wildman–Crippen LogP) is 7.95. The number of hydrazone groups is 1. The van der Waals surface area contributed by atoms with E-state index in [1.807, 2.05) is 163 Å². The molecular formula is C38H28N4O2. The number of aromatic nitrogens is 2. The van der Waals surface area contributed by atoms with Gasteiger partial charge in [-0.2, -0.15) is 15.2 Å². The molecule has 0 N–H and O–H groups in total. The molecule has 212 valence electrons. The van der Waals surface area contributed by atoms with E-state index in [4.69, 9.17) is 14.9 Å². The van der Waals surface area contributed by atoms with Crippen molar-refractivity contribution in [3.8, 4) is 22.7 Å². The zero-order valence-corrected chi connectivity index (χ0v) is 23.8. The highest BCUT2D eigenvalue weighted by Crippen LogP contribution is 2.32. The van der Waals surface area contributed by atoms with Gasteiger partial charge in [0.15, 0.2) is 0 Å². The molecule has 0 unspecified atom stereocenters. The van der Waals surface area contributed by atoms with E-state index in [1.165, 1.54) is 5.01 Å². The Labute approximate surface area is 255 Å². The summed E-state index contributed by atoms with van der Waals surface area (Å²) in [5.41, 5.74) is 7.16. The minimum absolute atomic E-state index is 0.196. The fourth-order valence-electron chi connectivity index (χ4n) is 5.13. The predicted molar refractivity (Wildman–Crippen MR) is 175 cm³/mol. The molecule has 44 heavy (non-hydrogen) atoms. The molecule has 0 saturated carbocycles. The van der Waals surface area contributed by atoms with Crippen LogP contribution >= 0.6 is 0 Å². The van der Waals surface area contributed by atoms with Gasteiger partial charge in [-0.1, -0.05) is 97.1 Å². The van der Waals surface area contributed by atoms with Gasteiger partial charge < -0.3 is 4.74 Å². The van der Waals surface area contributed by atoms with Gasteiger partial charge in [-0.3, -0.25) is 4.79 Å². The number of carbonyl (C=O) groups excluding carboxylic acids is 1. The highest BCUT2D eigenvalue weighted by Gasteiger charge is 2.32. The van der Waals surface area contributed by atoms with E-state index < -0.39 is 0 Å². The Hall–Kier alpha value is -6.01. The molecule has 1 aliphatic heterocycles. The number of anilines is 1. The molecule has 1 aliphatic rings. The van der Waals surface area contributed by atoms with Gasteiger partial charge in [-0.05, 0) is 60.2 Å². The summed E-state index contributed by atoms with van der Waals surface area (Å²) < 4.78 is 7.87. The van der Waals surface area contributed by atoms with Crippen molar-refractivity contribution < 1.29 is 9.53 Å². The maximum absolute atomic E-state index is 14.0. The number of ether oxygens (including phenoxy) is 1. The number of amides is 1. The van der Waals surface area contributed by atoms with Crippen molar-refractivity contribution in [3.63, 3.8) is 0 Å². The maximum Gasteiger partial charge on any atom is 0.281 e. The number of hydrogen-bond donors (Lipinski definition) is 0. The lowest BCUT2D eigenvalue weighted by atomic mass is 9.99. The first-order valence-corrected chi connectivity index (χ1v) is 14.4. The van der Waals surface area contributed by atoms with Crippen molar-refractivity contribution in [2.75, 3.05) is 5.01 Å². The van der Waals surface area contributed by atoms with Crippen LogP contribution in [0.15, 0.2) is 162 Å². The normalized spacial score (nSPS) is 13.7. The Balaban J connectivity index is 1.29. The molecule has 6 nitrogen and oxygen atoms in total. The van der Waals surface area contributed by atoms with Gasteiger partial charge in [0.1, 0.15) is 18.1 Å². The molecule has 6 aromatic rings. The van der Waals surface area contributed by atoms with Gasteiger partial charge >= 0.3 is 0 Å². The van der Waals surface area contributed by atoms with Gasteiger partial charge in [-0.25, -0.2) is 4.68 Å². The Morgan fingerprint density at radius 2 is 1.23 bits per heavy atom. The molecule has 0 saturated heterocycles. The molecule has 6 heteroatoms. The van der Waals surface area contributed by atoms with E-state index in [0.29, 0.717) is 23.6 Å². The van der Waals surface area contributed by atoms with Gasteiger partial charge in [-0.15, -0.1) is 0 Å². The fraction of sp³-hybridized carbons (Fsp3) is 0.0263. The molecule has 1 aromatic heterocycles. The molecule has 5 aromatic carbocycles. The minimum atomic E-state index is -0.196. The van der Waals surface area contributed by atoms with Crippen LogP contribution in [0.4, 0.5) is 5.69 Å². The molecule has 0 spiro atoms. The first-order chi connectivity index (χ1) is 21.7. The number of hydrogen-bond acceptors (Lipinski definition) is 4. The number of carbonyl (C=O) groups is 1. The van der Waals surface area contributed by atoms with Crippen LogP contribution in [0.2, 0.25) is 0 Å². The molecule has 0 atom stereocenters. The largest absolute Gasteiger partial charge is 0.489 e. The van der Waals surface area contributed by atoms with Crippen molar-refractivity contribution >= 4 is 23.4 Å². The summed E-state index contributed by atoms with van der Waals surface area (Å²) in [5.74, 6) is 0.570. The topological polar surface area (TPSA) is 59.7 Å². The highest BCUT2D eigenvalue weighted by atomic mass is 16.5. The smallest absolute Gasteiger partial charge is 0.281 e. The summed E-state index contributed by atoms with van der Waals surface area (Å²) in [4.78, 5) is 14.0. The Kier molecular flexibility index (Phi) is 7.37. The second-order valence-electron chi connectivity index (χ2n) is 10.3. The molecule has 0 aliphatic carbocycles. The second kappa shape index (κ2) is 12.1. The maximum atomic E-state index is 14.0. The van der Waals surface area contributed by atoms with Crippen LogP contribution < -0.4 is 9.75 Å². The molecule has 0 bridgehead atoms. The lowest BCUT2D eigenvalue weighted by molar-refractivity contribution is -0.114. The van der Waals surface area contributed by atoms with Crippen LogP contribution in [0.5, 0.6) is 5.75 Å². The summed E-state index contributed by atoms with van der Waals surface area (Å²) in [5, 5.41) is 11.2. The van der Waals surface area contributed by atoms with Gasteiger partial charge in [0.25, 0.3) is 5.91 Å². The van der Waals surface area contributed by atoms with E-state index in [9.17, 15) is 4.79 Å². The van der Waals surface area contributed by atoms with Crippen LogP contribution in [-0.4, -0.2) is 21.4 Å². The SMILES string of the molecule is O=C1C(=Cc2cn(-c3ccccc3)nc2-c2ccc(OCc3ccccc3)cc2)C(c2ccccc2)=NN1c1ccccc1. The van der Waals surface area contributed by atoms with Crippen LogP contribution in [0.1, 0.15) is 16.7 Å². The Morgan fingerprint density at radius 1 is 0.636 bits per heavy atom. The van der Waals surface area contributed by atoms with Crippen molar-refractivity contribution in [1.29, 1.82) is 0 Å². The van der Waals surface area contributed by atoms with Crippen LogP contribution in [-0.2, 0) is 11.4 Å². The lowest BCUT2D eigenvalue weighted by Gasteiger charge is -2.11. The molecule has 1 amide bonds. The number of rotatable bonds is 8. The summed E-state index contributed by atoms with van der Waals surface area (Å²) in [6.07, 6.45) is 3.86. The van der Waals surface area contributed by atoms with Crippen LogP contribution in [0.3, 0.4) is 0 Å². The van der Waals surface area contributed by atoms with Crippen molar-refractivity contribution in [2.45, 2.75) is 6.61 Å². The third kappa shape index (κ3) is 5.56. The highest BCUT2D eigenvalue weighted by molar-refractivity contribution is 6.37. The van der Waals surface area contributed by atoms with E-state index in [0.717, 1.165) is 39.4 Å². The van der Waals surface area contributed by atoms with Gasteiger partial charge in [0.2, 0.25) is 0 Å². The molecule has 0 radical (unpaired) electrons.